The van der Waals surface area contributed by atoms with Crippen LogP contribution in [0.2, 0.25) is 0 Å². The van der Waals surface area contributed by atoms with E-state index in [4.69, 9.17) is 9.15 Å². The minimum Gasteiger partial charge on any atom is -0.465 e. The van der Waals surface area contributed by atoms with Crippen molar-refractivity contribution in [3.8, 4) is 0 Å². The van der Waals surface area contributed by atoms with Crippen LogP contribution in [0.1, 0.15) is 45.3 Å². The van der Waals surface area contributed by atoms with E-state index in [0.29, 0.717) is 11.7 Å². The highest BCUT2D eigenvalue weighted by atomic mass is 16.5. The molecular formula is C17H23NO4. The molecule has 5 nitrogen and oxygen atoms in total. The monoisotopic (exact) mass is 305 g/mol. The highest BCUT2D eigenvalue weighted by Gasteiger charge is 2.25. The van der Waals surface area contributed by atoms with Gasteiger partial charge in [0.15, 0.2) is 6.10 Å². The third-order valence-corrected chi connectivity index (χ3v) is 4.03. The van der Waals surface area contributed by atoms with E-state index in [-0.39, 0.29) is 11.9 Å². The van der Waals surface area contributed by atoms with Crippen molar-refractivity contribution < 1.29 is 18.7 Å². The van der Waals surface area contributed by atoms with Gasteiger partial charge in [0.1, 0.15) is 5.76 Å². The number of carbonyl (C=O) groups excluding carboxylic acids is 2. The maximum Gasteiger partial charge on any atom is 0.331 e. The standard InChI is InChI=1S/C17H23NO4/c1-12-6-3-4-8-15(12)18-17(20)13(2)22-16(19)10-9-14-7-5-11-21-14/h5,7,9-13,15H,3-4,6,8H2,1-2H3,(H,18,20)/b10-9+. The van der Waals surface area contributed by atoms with Crippen molar-refractivity contribution in [2.24, 2.45) is 5.92 Å². The van der Waals surface area contributed by atoms with Crippen LogP contribution in [0.5, 0.6) is 0 Å². The van der Waals surface area contributed by atoms with Gasteiger partial charge in [-0.3, -0.25) is 4.79 Å². The predicted molar refractivity (Wildman–Crippen MR) is 82.9 cm³/mol. The van der Waals surface area contributed by atoms with Crippen LogP contribution >= 0.6 is 0 Å². The van der Waals surface area contributed by atoms with Gasteiger partial charge in [0.25, 0.3) is 5.91 Å². The number of rotatable bonds is 5. The first-order valence-corrected chi connectivity index (χ1v) is 7.79. The minimum absolute atomic E-state index is 0.182. The fraction of sp³-hybridized carbons (Fsp3) is 0.529. The largest absolute Gasteiger partial charge is 0.465 e. The van der Waals surface area contributed by atoms with Crippen LogP contribution in [0, 0.1) is 5.92 Å². The Morgan fingerprint density at radius 3 is 2.86 bits per heavy atom. The Morgan fingerprint density at radius 1 is 1.41 bits per heavy atom. The number of hydrogen-bond donors (Lipinski definition) is 1. The Balaban J connectivity index is 1.79. The molecule has 0 aromatic carbocycles. The highest BCUT2D eigenvalue weighted by Crippen LogP contribution is 2.23. The number of carbonyl (C=O) groups is 2. The molecule has 3 atom stereocenters. The normalized spacial score (nSPS) is 23.2. The van der Waals surface area contributed by atoms with Crippen LogP contribution in [0.15, 0.2) is 28.9 Å². The molecule has 1 aliphatic rings. The van der Waals surface area contributed by atoms with Crippen molar-refractivity contribution in [1.82, 2.24) is 5.32 Å². The zero-order valence-electron chi connectivity index (χ0n) is 13.1. The third-order valence-electron chi connectivity index (χ3n) is 4.03. The molecule has 1 aliphatic carbocycles. The predicted octanol–water partition coefficient (Wildman–Crippen LogP) is 2.92. The molecule has 2 rings (SSSR count). The lowest BCUT2D eigenvalue weighted by molar-refractivity contribution is -0.150. The van der Waals surface area contributed by atoms with Gasteiger partial charge in [0, 0.05) is 12.1 Å². The van der Waals surface area contributed by atoms with E-state index < -0.39 is 12.1 Å². The molecule has 120 valence electrons. The van der Waals surface area contributed by atoms with Crippen LogP contribution in [0.3, 0.4) is 0 Å². The topological polar surface area (TPSA) is 68.5 Å². The van der Waals surface area contributed by atoms with Crippen molar-refractivity contribution in [2.45, 2.75) is 51.7 Å². The summed E-state index contributed by atoms with van der Waals surface area (Å²) in [4.78, 5) is 23.8. The van der Waals surface area contributed by atoms with Crippen molar-refractivity contribution >= 4 is 18.0 Å². The first-order chi connectivity index (χ1) is 10.6. The molecule has 1 saturated carbocycles. The van der Waals surface area contributed by atoms with Gasteiger partial charge in [-0.2, -0.15) is 0 Å². The van der Waals surface area contributed by atoms with E-state index in [0.717, 1.165) is 19.3 Å². The summed E-state index contributed by atoms with van der Waals surface area (Å²) in [7, 11) is 0. The Morgan fingerprint density at radius 2 is 2.18 bits per heavy atom. The number of hydrogen-bond acceptors (Lipinski definition) is 4. The molecule has 3 unspecified atom stereocenters. The van der Waals surface area contributed by atoms with Crippen molar-refractivity contribution in [1.29, 1.82) is 0 Å². The van der Waals surface area contributed by atoms with Gasteiger partial charge in [-0.25, -0.2) is 4.79 Å². The zero-order valence-corrected chi connectivity index (χ0v) is 13.1. The average molecular weight is 305 g/mol. The number of nitrogens with one attached hydrogen (secondary N) is 1. The average Bonchev–Trinajstić information content (AvgIpc) is 3.00. The van der Waals surface area contributed by atoms with Gasteiger partial charge in [0.05, 0.1) is 6.26 Å². The van der Waals surface area contributed by atoms with Gasteiger partial charge in [-0.1, -0.05) is 19.8 Å². The van der Waals surface area contributed by atoms with Gasteiger partial charge < -0.3 is 14.5 Å². The molecule has 0 spiro atoms. The number of furan rings is 1. The van der Waals surface area contributed by atoms with Gasteiger partial charge in [-0.05, 0) is 43.9 Å². The van der Waals surface area contributed by atoms with Gasteiger partial charge in [-0.15, -0.1) is 0 Å². The number of esters is 1. The van der Waals surface area contributed by atoms with E-state index in [2.05, 4.69) is 12.2 Å². The summed E-state index contributed by atoms with van der Waals surface area (Å²) in [5, 5.41) is 2.98. The van der Waals surface area contributed by atoms with E-state index in [1.807, 2.05) is 0 Å². The summed E-state index contributed by atoms with van der Waals surface area (Å²) in [6.07, 6.45) is 7.96. The van der Waals surface area contributed by atoms with Crippen LogP contribution in [0.4, 0.5) is 0 Å². The molecule has 0 bridgehead atoms. The highest BCUT2D eigenvalue weighted by molar-refractivity contribution is 5.90. The first kappa shape index (κ1) is 16.3. The number of amides is 1. The molecule has 1 amide bonds. The second-order valence-electron chi connectivity index (χ2n) is 5.80. The summed E-state index contributed by atoms with van der Waals surface area (Å²) in [5.41, 5.74) is 0. The summed E-state index contributed by atoms with van der Waals surface area (Å²) < 4.78 is 10.2. The third kappa shape index (κ3) is 4.76. The van der Waals surface area contributed by atoms with Crippen LogP contribution < -0.4 is 5.32 Å². The van der Waals surface area contributed by atoms with Crippen molar-refractivity contribution in [2.75, 3.05) is 0 Å². The Hall–Kier alpha value is -2.04. The lowest BCUT2D eigenvalue weighted by atomic mass is 9.86. The van der Waals surface area contributed by atoms with Crippen molar-refractivity contribution in [3.63, 3.8) is 0 Å². The quantitative estimate of drug-likeness (QED) is 0.671. The van der Waals surface area contributed by atoms with E-state index in [1.54, 1.807) is 19.1 Å². The zero-order chi connectivity index (χ0) is 15.9. The molecule has 0 saturated heterocycles. The first-order valence-electron chi connectivity index (χ1n) is 7.79. The summed E-state index contributed by atoms with van der Waals surface area (Å²) in [6, 6.07) is 3.64. The van der Waals surface area contributed by atoms with Gasteiger partial charge in [0.2, 0.25) is 0 Å². The maximum absolute atomic E-state index is 12.1. The molecule has 5 heteroatoms. The maximum atomic E-state index is 12.1. The van der Waals surface area contributed by atoms with E-state index >= 15 is 0 Å². The Labute approximate surface area is 130 Å². The lowest BCUT2D eigenvalue weighted by Gasteiger charge is -2.30. The fourth-order valence-electron chi connectivity index (χ4n) is 2.63. The van der Waals surface area contributed by atoms with Crippen LogP contribution in [-0.4, -0.2) is 24.0 Å². The lowest BCUT2D eigenvalue weighted by Crippen LogP contribution is -2.45. The summed E-state index contributed by atoms with van der Waals surface area (Å²) >= 11 is 0. The fourth-order valence-corrected chi connectivity index (χ4v) is 2.63. The second kappa shape index (κ2) is 7.82. The molecule has 0 aliphatic heterocycles. The molecule has 1 aromatic rings. The van der Waals surface area contributed by atoms with Crippen molar-refractivity contribution in [3.05, 3.63) is 30.2 Å². The molecule has 1 aromatic heterocycles. The molecule has 1 heterocycles. The number of ether oxygens (including phenoxy) is 1. The summed E-state index contributed by atoms with van der Waals surface area (Å²) in [6.45, 7) is 3.73. The van der Waals surface area contributed by atoms with E-state index in [1.165, 1.54) is 24.8 Å². The van der Waals surface area contributed by atoms with Gasteiger partial charge >= 0.3 is 5.97 Å². The molecule has 1 fully saturated rings. The molecule has 1 N–H and O–H groups in total. The van der Waals surface area contributed by atoms with Crippen LogP contribution in [0.25, 0.3) is 6.08 Å². The Bertz CT molecular complexity index is 521. The molecule has 22 heavy (non-hydrogen) atoms. The van der Waals surface area contributed by atoms with Crippen LogP contribution in [-0.2, 0) is 14.3 Å². The molecular weight excluding hydrogens is 282 g/mol. The smallest absolute Gasteiger partial charge is 0.331 e. The second-order valence-corrected chi connectivity index (χ2v) is 5.80. The SMILES string of the molecule is CC(OC(=O)/C=C/c1ccco1)C(=O)NC1CCCCC1C. The Kier molecular flexibility index (Phi) is 5.81. The minimum atomic E-state index is -0.803. The van der Waals surface area contributed by atoms with E-state index in [9.17, 15) is 9.59 Å². The summed E-state index contributed by atoms with van der Waals surface area (Å²) in [5.74, 6) is 0.235. The molecule has 0 radical (unpaired) electrons.